The van der Waals surface area contributed by atoms with Crippen LogP contribution in [0.2, 0.25) is 15.1 Å². The highest BCUT2D eigenvalue weighted by Crippen LogP contribution is 2.35. The zero-order valence-electron chi connectivity index (χ0n) is 15.4. The van der Waals surface area contributed by atoms with Crippen molar-refractivity contribution in [2.75, 3.05) is 46.1 Å². The Morgan fingerprint density at radius 3 is 2.48 bits per heavy atom. The Bertz CT molecular complexity index is 615. The van der Waals surface area contributed by atoms with Crippen molar-refractivity contribution < 1.29 is 14.6 Å². The number of hydrogen-bond acceptors (Lipinski definition) is 4. The molecule has 9 heteroatoms. The van der Waals surface area contributed by atoms with Crippen LogP contribution in [0.1, 0.15) is 19.8 Å². The predicted octanol–water partition coefficient (Wildman–Crippen LogP) is 3.37. The fraction of sp³-hybridized carbons (Fsp3) is 0.611. The van der Waals surface area contributed by atoms with E-state index in [1.54, 1.807) is 12.1 Å². The van der Waals surface area contributed by atoms with Gasteiger partial charge < -0.3 is 25.2 Å². The normalized spacial score (nSPS) is 16.9. The Hall–Kier alpha value is -0.920. The van der Waals surface area contributed by atoms with E-state index in [2.05, 4.69) is 15.6 Å². The number of halogens is 3. The molecule has 0 aliphatic carbocycles. The summed E-state index contributed by atoms with van der Waals surface area (Å²) in [5.74, 6) is 1.08. The quantitative estimate of drug-likeness (QED) is 0.330. The van der Waals surface area contributed by atoms with Crippen LogP contribution in [0.25, 0.3) is 0 Å². The maximum atomic E-state index is 9.78. The average molecular weight is 439 g/mol. The summed E-state index contributed by atoms with van der Waals surface area (Å²) < 4.78 is 11.1. The van der Waals surface area contributed by atoms with Gasteiger partial charge >= 0.3 is 0 Å². The third kappa shape index (κ3) is 6.88. The molecule has 6 nitrogen and oxygen atoms in total. The number of nitrogens with one attached hydrogen (secondary N) is 2. The first kappa shape index (κ1) is 22.4. The van der Waals surface area contributed by atoms with Crippen LogP contribution in [0, 0.1) is 5.41 Å². The van der Waals surface area contributed by atoms with E-state index in [-0.39, 0.29) is 12.0 Å². The predicted molar refractivity (Wildman–Crippen MR) is 111 cm³/mol. The van der Waals surface area contributed by atoms with E-state index in [0.29, 0.717) is 59.7 Å². The van der Waals surface area contributed by atoms with Crippen LogP contribution in [0.3, 0.4) is 0 Å². The third-order valence-corrected chi connectivity index (χ3v) is 5.19. The molecule has 1 saturated heterocycles. The Kier molecular flexibility index (Phi) is 9.26. The Morgan fingerprint density at radius 2 is 1.89 bits per heavy atom. The molecule has 0 bridgehead atoms. The summed E-state index contributed by atoms with van der Waals surface area (Å²) in [5, 5.41) is 17.4. The van der Waals surface area contributed by atoms with Crippen LogP contribution in [0.4, 0.5) is 0 Å². The van der Waals surface area contributed by atoms with Crippen LogP contribution in [0.15, 0.2) is 17.1 Å². The molecule has 1 heterocycles. The number of ether oxygens (including phenoxy) is 2. The molecule has 0 radical (unpaired) electrons. The summed E-state index contributed by atoms with van der Waals surface area (Å²) in [6.45, 7) is 5.57. The van der Waals surface area contributed by atoms with Gasteiger partial charge in [-0.3, -0.25) is 4.99 Å². The Morgan fingerprint density at radius 1 is 1.22 bits per heavy atom. The van der Waals surface area contributed by atoms with Gasteiger partial charge in [0.1, 0.15) is 6.61 Å². The van der Waals surface area contributed by atoms with Gasteiger partial charge in [-0.1, -0.05) is 34.8 Å². The first-order valence-electron chi connectivity index (χ1n) is 8.98. The number of aliphatic hydroxyl groups excluding tert-OH is 1. The number of guanidine groups is 1. The highest BCUT2D eigenvalue weighted by Gasteiger charge is 2.31. The lowest BCUT2D eigenvalue weighted by atomic mass is 9.81. The highest BCUT2D eigenvalue weighted by molar-refractivity contribution is 6.40. The van der Waals surface area contributed by atoms with E-state index < -0.39 is 0 Å². The van der Waals surface area contributed by atoms with Gasteiger partial charge in [0.25, 0.3) is 0 Å². The second-order valence-corrected chi connectivity index (χ2v) is 7.69. The van der Waals surface area contributed by atoms with Crippen molar-refractivity contribution in [1.29, 1.82) is 0 Å². The van der Waals surface area contributed by atoms with Crippen molar-refractivity contribution in [3.63, 3.8) is 0 Å². The highest BCUT2D eigenvalue weighted by atomic mass is 35.5. The smallest absolute Gasteiger partial charge is 0.191 e. The summed E-state index contributed by atoms with van der Waals surface area (Å²) in [6.07, 6.45) is 1.62. The largest absolute Gasteiger partial charge is 0.489 e. The van der Waals surface area contributed by atoms with Gasteiger partial charge in [-0.25, -0.2) is 0 Å². The third-order valence-electron chi connectivity index (χ3n) is 4.41. The molecule has 1 aromatic carbocycles. The van der Waals surface area contributed by atoms with Gasteiger partial charge in [0.2, 0.25) is 0 Å². The van der Waals surface area contributed by atoms with Gasteiger partial charge in [-0.05, 0) is 31.9 Å². The molecule has 1 fully saturated rings. The lowest BCUT2D eigenvalue weighted by Gasteiger charge is -2.34. The zero-order chi connectivity index (χ0) is 19.7. The lowest BCUT2D eigenvalue weighted by molar-refractivity contribution is -0.0106. The number of aliphatic imine (C=N–C) groups is 1. The summed E-state index contributed by atoms with van der Waals surface area (Å²) in [6, 6.07) is 3.18. The summed E-state index contributed by atoms with van der Waals surface area (Å²) >= 11 is 18.1. The van der Waals surface area contributed by atoms with Crippen LogP contribution in [-0.4, -0.2) is 57.1 Å². The van der Waals surface area contributed by atoms with Gasteiger partial charge in [0.15, 0.2) is 11.7 Å². The van der Waals surface area contributed by atoms with Gasteiger partial charge in [0.05, 0.1) is 29.7 Å². The van der Waals surface area contributed by atoms with Crippen molar-refractivity contribution in [2.24, 2.45) is 10.4 Å². The maximum Gasteiger partial charge on any atom is 0.191 e. The van der Waals surface area contributed by atoms with E-state index >= 15 is 0 Å². The standard InChI is InChI=1S/C18H26Cl3N3O3/c1-2-22-17(24-11-18(12-25)3-6-26-7-4-18)23-5-8-27-16-14(20)9-13(19)10-15(16)21/h9-10,25H,2-8,11-12H2,1H3,(H2,22,23,24). The summed E-state index contributed by atoms with van der Waals surface area (Å²) in [4.78, 5) is 4.63. The molecule has 0 atom stereocenters. The minimum Gasteiger partial charge on any atom is -0.489 e. The summed E-state index contributed by atoms with van der Waals surface area (Å²) in [7, 11) is 0. The molecule has 0 spiro atoms. The van der Waals surface area contributed by atoms with Crippen molar-refractivity contribution in [1.82, 2.24) is 10.6 Å². The van der Waals surface area contributed by atoms with Gasteiger partial charge in [-0.2, -0.15) is 0 Å². The molecule has 0 saturated carbocycles. The monoisotopic (exact) mass is 437 g/mol. The van der Waals surface area contributed by atoms with E-state index in [0.717, 1.165) is 19.4 Å². The minimum absolute atomic E-state index is 0.107. The second kappa shape index (κ2) is 11.2. The number of benzene rings is 1. The molecule has 0 amide bonds. The molecular weight excluding hydrogens is 413 g/mol. The molecule has 1 aliphatic rings. The average Bonchev–Trinajstić information content (AvgIpc) is 2.65. The van der Waals surface area contributed by atoms with E-state index in [1.165, 1.54) is 0 Å². The number of hydrogen-bond donors (Lipinski definition) is 3. The van der Waals surface area contributed by atoms with Gasteiger partial charge in [0, 0.05) is 30.2 Å². The lowest BCUT2D eigenvalue weighted by Crippen LogP contribution is -2.42. The van der Waals surface area contributed by atoms with Crippen molar-refractivity contribution >= 4 is 40.8 Å². The van der Waals surface area contributed by atoms with Crippen molar-refractivity contribution in [3.05, 3.63) is 27.2 Å². The number of aliphatic hydroxyl groups is 1. The fourth-order valence-electron chi connectivity index (χ4n) is 2.75. The van der Waals surface area contributed by atoms with E-state index in [9.17, 15) is 5.11 Å². The van der Waals surface area contributed by atoms with Crippen LogP contribution < -0.4 is 15.4 Å². The molecule has 0 unspecified atom stereocenters. The van der Waals surface area contributed by atoms with Crippen molar-refractivity contribution in [2.45, 2.75) is 19.8 Å². The van der Waals surface area contributed by atoms with Crippen molar-refractivity contribution in [3.8, 4) is 5.75 Å². The zero-order valence-corrected chi connectivity index (χ0v) is 17.6. The Balaban J connectivity index is 1.87. The number of rotatable bonds is 8. The molecule has 27 heavy (non-hydrogen) atoms. The van der Waals surface area contributed by atoms with E-state index in [4.69, 9.17) is 44.3 Å². The van der Waals surface area contributed by atoms with Gasteiger partial charge in [-0.15, -0.1) is 0 Å². The van der Waals surface area contributed by atoms with Crippen LogP contribution >= 0.6 is 34.8 Å². The SMILES string of the molecule is CCNC(=NCC1(CO)CCOCC1)NCCOc1c(Cl)cc(Cl)cc1Cl. The first-order chi connectivity index (χ1) is 13.0. The molecule has 3 N–H and O–H groups in total. The minimum atomic E-state index is -0.207. The molecular formula is C18H26Cl3N3O3. The molecule has 152 valence electrons. The molecule has 0 aromatic heterocycles. The van der Waals surface area contributed by atoms with Crippen LogP contribution in [0.5, 0.6) is 5.75 Å². The fourth-order valence-corrected chi connectivity index (χ4v) is 3.67. The molecule has 2 rings (SSSR count). The molecule has 1 aromatic rings. The first-order valence-corrected chi connectivity index (χ1v) is 10.1. The van der Waals surface area contributed by atoms with E-state index in [1.807, 2.05) is 6.92 Å². The topological polar surface area (TPSA) is 75.1 Å². The Labute approximate surface area is 175 Å². The van der Waals surface area contributed by atoms with Crippen LogP contribution in [-0.2, 0) is 4.74 Å². The molecule has 1 aliphatic heterocycles. The number of nitrogens with zero attached hydrogens (tertiary/aromatic N) is 1. The second-order valence-electron chi connectivity index (χ2n) is 6.44. The summed E-state index contributed by atoms with van der Waals surface area (Å²) in [5.41, 5.74) is -0.207. The maximum absolute atomic E-state index is 9.78.